The van der Waals surface area contributed by atoms with Crippen molar-refractivity contribution in [1.29, 1.82) is 0 Å². The molecule has 2 fully saturated rings. The molecule has 0 bridgehead atoms. The second kappa shape index (κ2) is 13.3. The molecule has 2 aromatic carbocycles. The van der Waals surface area contributed by atoms with Gasteiger partial charge in [-0.2, -0.15) is 9.97 Å². The molecule has 3 aliphatic heterocycles. The molecular formula is C36H46N6O4. The molecule has 1 aromatic heterocycles. The van der Waals surface area contributed by atoms with Crippen LogP contribution in [0.4, 0.5) is 11.5 Å². The van der Waals surface area contributed by atoms with Crippen molar-refractivity contribution in [3.8, 4) is 6.01 Å². The fourth-order valence-electron chi connectivity index (χ4n) is 7.04. The number of ether oxygens (including phenoxy) is 1. The van der Waals surface area contributed by atoms with Gasteiger partial charge in [0.25, 0.3) is 0 Å². The van der Waals surface area contributed by atoms with Gasteiger partial charge in [0.05, 0.1) is 17.7 Å². The predicted molar refractivity (Wildman–Crippen MR) is 181 cm³/mol. The maximum atomic E-state index is 12.3. The van der Waals surface area contributed by atoms with Crippen molar-refractivity contribution in [1.82, 2.24) is 19.8 Å². The van der Waals surface area contributed by atoms with E-state index in [-0.39, 0.29) is 11.9 Å². The highest BCUT2D eigenvalue weighted by Crippen LogP contribution is 2.36. The number of carboxylic acids is 1. The van der Waals surface area contributed by atoms with E-state index in [2.05, 4.69) is 64.6 Å². The average Bonchev–Trinajstić information content (AvgIpc) is 3.52. The number of carbonyl (C=O) groups is 2. The highest BCUT2D eigenvalue weighted by Gasteiger charge is 2.33. The van der Waals surface area contributed by atoms with Gasteiger partial charge < -0.3 is 24.5 Å². The summed E-state index contributed by atoms with van der Waals surface area (Å²) in [5, 5.41) is 12.1. The van der Waals surface area contributed by atoms with Crippen molar-refractivity contribution >= 4 is 34.2 Å². The third kappa shape index (κ3) is 6.54. The number of aryl methyl sites for hydroxylation is 1. The molecule has 3 aliphatic rings. The number of piperazine rings is 1. The van der Waals surface area contributed by atoms with Crippen molar-refractivity contribution in [2.45, 2.75) is 59.0 Å². The zero-order valence-corrected chi connectivity index (χ0v) is 27.4. The molecule has 1 atom stereocenters. The van der Waals surface area contributed by atoms with E-state index in [1.54, 1.807) is 13.8 Å². The van der Waals surface area contributed by atoms with Crippen molar-refractivity contribution in [3.05, 3.63) is 65.9 Å². The van der Waals surface area contributed by atoms with Crippen LogP contribution < -0.4 is 14.5 Å². The lowest BCUT2D eigenvalue weighted by atomic mass is 9.89. The number of rotatable bonds is 10. The SMILES string of the molecule is C=CC(=O)N1CCN(c2nc(OCC3CCCN3CCC(C)(C)C(=O)O)nc3c2CCN(c2cccc4cccc(C)c24)C3)CC1. The summed E-state index contributed by atoms with van der Waals surface area (Å²) in [6.45, 7) is 15.6. The number of nitrogens with zero attached hydrogens (tertiary/aromatic N) is 6. The Bertz CT molecular complexity index is 1610. The Balaban J connectivity index is 1.25. The van der Waals surface area contributed by atoms with Gasteiger partial charge in [-0.15, -0.1) is 0 Å². The van der Waals surface area contributed by atoms with Crippen LogP contribution in [0.2, 0.25) is 0 Å². The number of hydrogen-bond acceptors (Lipinski definition) is 8. The number of aromatic nitrogens is 2. The minimum atomic E-state index is -0.767. The van der Waals surface area contributed by atoms with Crippen molar-refractivity contribution in [3.63, 3.8) is 0 Å². The maximum absolute atomic E-state index is 12.3. The Kier molecular flexibility index (Phi) is 9.18. The average molecular weight is 627 g/mol. The largest absolute Gasteiger partial charge is 0.481 e. The summed E-state index contributed by atoms with van der Waals surface area (Å²) >= 11 is 0. The molecule has 0 radical (unpaired) electrons. The Labute approximate surface area is 271 Å². The lowest BCUT2D eigenvalue weighted by molar-refractivity contribution is -0.147. The molecular weight excluding hydrogens is 580 g/mol. The molecule has 2 saturated heterocycles. The fraction of sp³-hybridized carbons (Fsp3) is 0.500. The number of carbonyl (C=O) groups excluding carboxylic acids is 1. The fourth-order valence-corrected chi connectivity index (χ4v) is 7.04. The van der Waals surface area contributed by atoms with Gasteiger partial charge in [0, 0.05) is 55.4 Å². The summed E-state index contributed by atoms with van der Waals surface area (Å²) in [6, 6.07) is 13.5. The third-order valence-corrected chi connectivity index (χ3v) is 10.0. The van der Waals surface area contributed by atoms with E-state index in [1.807, 2.05) is 4.90 Å². The number of benzene rings is 2. The Morgan fingerprint density at radius 2 is 1.80 bits per heavy atom. The van der Waals surface area contributed by atoms with Gasteiger partial charge in [0.2, 0.25) is 5.91 Å². The first-order valence-electron chi connectivity index (χ1n) is 16.5. The molecule has 4 heterocycles. The van der Waals surface area contributed by atoms with Crippen LogP contribution in [0.5, 0.6) is 6.01 Å². The van der Waals surface area contributed by atoms with Gasteiger partial charge in [0.1, 0.15) is 12.4 Å². The number of aliphatic carboxylic acids is 1. The summed E-state index contributed by atoms with van der Waals surface area (Å²) < 4.78 is 6.40. The van der Waals surface area contributed by atoms with E-state index in [0.717, 1.165) is 56.0 Å². The smallest absolute Gasteiger partial charge is 0.318 e. The van der Waals surface area contributed by atoms with Gasteiger partial charge in [-0.1, -0.05) is 36.9 Å². The van der Waals surface area contributed by atoms with E-state index in [0.29, 0.717) is 51.8 Å². The molecule has 244 valence electrons. The first-order valence-corrected chi connectivity index (χ1v) is 16.5. The Morgan fingerprint density at radius 3 is 2.54 bits per heavy atom. The molecule has 1 amide bonds. The first kappa shape index (κ1) is 31.8. The number of fused-ring (bicyclic) bond motifs is 2. The molecule has 0 spiro atoms. The lowest BCUT2D eigenvalue weighted by Gasteiger charge is -2.38. The third-order valence-electron chi connectivity index (χ3n) is 10.0. The summed E-state index contributed by atoms with van der Waals surface area (Å²) in [5.41, 5.74) is 3.84. The molecule has 6 rings (SSSR count). The second-order valence-electron chi connectivity index (χ2n) is 13.5. The van der Waals surface area contributed by atoms with Crippen molar-refractivity contribution in [2.24, 2.45) is 5.41 Å². The van der Waals surface area contributed by atoms with E-state index in [9.17, 15) is 14.7 Å². The monoisotopic (exact) mass is 626 g/mol. The molecule has 46 heavy (non-hydrogen) atoms. The van der Waals surface area contributed by atoms with Gasteiger partial charge >= 0.3 is 12.0 Å². The minimum Gasteiger partial charge on any atom is -0.481 e. The van der Waals surface area contributed by atoms with E-state index < -0.39 is 11.4 Å². The van der Waals surface area contributed by atoms with E-state index >= 15 is 0 Å². The number of hydrogen-bond donors (Lipinski definition) is 1. The van der Waals surface area contributed by atoms with Gasteiger partial charge in [-0.25, -0.2) is 0 Å². The van der Waals surface area contributed by atoms with E-state index in [1.165, 1.54) is 28.1 Å². The highest BCUT2D eigenvalue weighted by atomic mass is 16.5. The molecule has 3 aromatic rings. The number of likely N-dealkylation sites (tertiary alicyclic amines) is 1. The van der Waals surface area contributed by atoms with Crippen molar-refractivity contribution in [2.75, 3.05) is 62.2 Å². The number of amides is 1. The summed E-state index contributed by atoms with van der Waals surface area (Å²) in [6.07, 6.45) is 4.84. The normalized spacial score (nSPS) is 18.9. The summed E-state index contributed by atoms with van der Waals surface area (Å²) in [5.74, 6) is 0.102. The zero-order chi connectivity index (χ0) is 32.4. The van der Waals surface area contributed by atoms with Gasteiger partial charge in [0.15, 0.2) is 0 Å². The topological polar surface area (TPSA) is 102 Å². The van der Waals surface area contributed by atoms with Gasteiger partial charge in [-0.05, 0) is 82.6 Å². The molecule has 1 unspecified atom stereocenters. The van der Waals surface area contributed by atoms with Crippen molar-refractivity contribution < 1.29 is 19.4 Å². The Hall–Kier alpha value is -4.18. The zero-order valence-electron chi connectivity index (χ0n) is 27.4. The lowest BCUT2D eigenvalue weighted by Crippen LogP contribution is -2.49. The number of anilines is 2. The minimum absolute atomic E-state index is 0.0396. The quantitative estimate of drug-likeness (QED) is 0.322. The van der Waals surface area contributed by atoms with Crippen LogP contribution in [0, 0.1) is 12.3 Å². The molecule has 10 nitrogen and oxygen atoms in total. The number of carboxylic acid groups (broad SMARTS) is 1. The van der Waals surface area contributed by atoms with Crippen LogP contribution in [0.15, 0.2) is 49.1 Å². The van der Waals surface area contributed by atoms with Crippen LogP contribution in [0.25, 0.3) is 10.8 Å². The summed E-state index contributed by atoms with van der Waals surface area (Å²) in [7, 11) is 0. The first-order chi connectivity index (χ1) is 22.1. The molecule has 10 heteroatoms. The second-order valence-corrected chi connectivity index (χ2v) is 13.5. The van der Waals surface area contributed by atoms with Crippen LogP contribution in [-0.2, 0) is 22.6 Å². The molecule has 0 saturated carbocycles. The maximum Gasteiger partial charge on any atom is 0.318 e. The highest BCUT2D eigenvalue weighted by molar-refractivity contribution is 5.97. The van der Waals surface area contributed by atoms with Gasteiger partial charge in [-0.3, -0.25) is 14.5 Å². The standard InChI is InChI=1S/C36H46N6O4/c1-5-31(43)40-19-21-41(22-20-40)33-28-14-17-42(30-13-7-11-26-10-6-9-25(2)32(26)30)23-29(28)37-35(38-33)46-24-27-12-8-16-39(27)18-15-36(3,4)34(44)45/h5-7,9-11,13,27H,1,8,12,14-24H2,2-4H3,(H,44,45). The van der Waals surface area contributed by atoms with Crippen LogP contribution >= 0.6 is 0 Å². The van der Waals surface area contributed by atoms with Crippen LogP contribution in [0.1, 0.15) is 49.9 Å². The van der Waals surface area contributed by atoms with E-state index in [4.69, 9.17) is 14.7 Å². The van der Waals surface area contributed by atoms with Crippen LogP contribution in [0.3, 0.4) is 0 Å². The predicted octanol–water partition coefficient (Wildman–Crippen LogP) is 4.68. The molecule has 0 aliphatic carbocycles. The molecule has 1 N–H and O–H groups in total. The summed E-state index contributed by atoms with van der Waals surface area (Å²) in [4.78, 5) is 42.8. The Morgan fingerprint density at radius 1 is 1.04 bits per heavy atom. The van der Waals surface area contributed by atoms with Crippen LogP contribution in [-0.4, -0.2) is 95.2 Å².